The van der Waals surface area contributed by atoms with Crippen molar-refractivity contribution >= 4 is 17.4 Å². The van der Waals surface area contributed by atoms with E-state index in [4.69, 9.17) is 4.52 Å². The van der Waals surface area contributed by atoms with Gasteiger partial charge in [-0.2, -0.15) is 0 Å². The van der Waals surface area contributed by atoms with Crippen LogP contribution in [0.3, 0.4) is 0 Å². The van der Waals surface area contributed by atoms with Crippen molar-refractivity contribution in [1.82, 2.24) is 10.1 Å². The van der Waals surface area contributed by atoms with Gasteiger partial charge in [-0.05, 0) is 39.0 Å². The molecule has 1 heterocycles. The van der Waals surface area contributed by atoms with Crippen molar-refractivity contribution in [2.24, 2.45) is 0 Å². The molecule has 2 rings (SSSR count). The molecule has 0 radical (unpaired) electrons. The summed E-state index contributed by atoms with van der Waals surface area (Å²) in [6.45, 7) is 7.18. The SMILES string of the molecule is CCN(C)c1cccc(NC(=O)N(C)Cc2c(C)noc2C)c1. The molecular formula is C17H24N4O2. The van der Waals surface area contributed by atoms with E-state index in [1.165, 1.54) is 0 Å². The van der Waals surface area contributed by atoms with Crippen molar-refractivity contribution in [2.45, 2.75) is 27.3 Å². The van der Waals surface area contributed by atoms with Crippen LogP contribution in [0, 0.1) is 13.8 Å². The highest BCUT2D eigenvalue weighted by atomic mass is 16.5. The van der Waals surface area contributed by atoms with Gasteiger partial charge in [-0.25, -0.2) is 4.79 Å². The summed E-state index contributed by atoms with van der Waals surface area (Å²) in [6, 6.07) is 7.64. The Labute approximate surface area is 137 Å². The van der Waals surface area contributed by atoms with Crippen molar-refractivity contribution in [1.29, 1.82) is 0 Å². The van der Waals surface area contributed by atoms with Crippen molar-refractivity contribution in [2.75, 3.05) is 30.9 Å². The fourth-order valence-corrected chi connectivity index (χ4v) is 2.26. The third kappa shape index (κ3) is 4.03. The first kappa shape index (κ1) is 16.9. The zero-order chi connectivity index (χ0) is 17.0. The minimum Gasteiger partial charge on any atom is -0.375 e. The number of aryl methyl sites for hydroxylation is 2. The Balaban J connectivity index is 2.04. The fourth-order valence-electron chi connectivity index (χ4n) is 2.26. The molecule has 0 fully saturated rings. The molecule has 23 heavy (non-hydrogen) atoms. The van der Waals surface area contributed by atoms with Gasteiger partial charge >= 0.3 is 6.03 Å². The van der Waals surface area contributed by atoms with Crippen LogP contribution < -0.4 is 10.2 Å². The monoisotopic (exact) mass is 316 g/mol. The highest BCUT2D eigenvalue weighted by molar-refractivity contribution is 5.89. The number of carbonyl (C=O) groups is 1. The topological polar surface area (TPSA) is 61.6 Å². The quantitative estimate of drug-likeness (QED) is 0.918. The molecule has 2 aromatic rings. The smallest absolute Gasteiger partial charge is 0.321 e. The molecule has 0 aliphatic heterocycles. The number of hydrogen-bond acceptors (Lipinski definition) is 4. The Morgan fingerprint density at radius 2 is 2.04 bits per heavy atom. The lowest BCUT2D eigenvalue weighted by atomic mass is 10.2. The maximum absolute atomic E-state index is 12.4. The maximum Gasteiger partial charge on any atom is 0.321 e. The summed E-state index contributed by atoms with van der Waals surface area (Å²) < 4.78 is 5.13. The average Bonchev–Trinajstić information content (AvgIpc) is 2.86. The van der Waals surface area contributed by atoms with Crippen LogP contribution in [0.2, 0.25) is 0 Å². The molecule has 0 spiro atoms. The second kappa shape index (κ2) is 7.17. The Kier molecular flexibility index (Phi) is 5.26. The molecule has 1 aromatic heterocycles. The zero-order valence-electron chi connectivity index (χ0n) is 14.4. The molecule has 2 amide bonds. The number of aromatic nitrogens is 1. The summed E-state index contributed by atoms with van der Waals surface area (Å²) in [4.78, 5) is 16.1. The van der Waals surface area contributed by atoms with E-state index in [9.17, 15) is 4.79 Å². The van der Waals surface area contributed by atoms with E-state index in [1.54, 1.807) is 11.9 Å². The lowest BCUT2D eigenvalue weighted by molar-refractivity contribution is 0.220. The molecule has 6 nitrogen and oxygen atoms in total. The van der Waals surface area contributed by atoms with Gasteiger partial charge in [-0.3, -0.25) is 0 Å². The van der Waals surface area contributed by atoms with Crippen LogP contribution >= 0.6 is 0 Å². The fraction of sp³-hybridized carbons (Fsp3) is 0.412. The van der Waals surface area contributed by atoms with Crippen LogP contribution in [0.1, 0.15) is 23.9 Å². The van der Waals surface area contributed by atoms with Crippen LogP contribution in [-0.2, 0) is 6.54 Å². The van der Waals surface area contributed by atoms with E-state index < -0.39 is 0 Å². The number of nitrogens with zero attached hydrogens (tertiary/aromatic N) is 3. The second-order valence-corrected chi connectivity index (χ2v) is 5.65. The standard InChI is InChI=1S/C17H24N4O2/c1-6-20(4)15-9-7-8-14(10-15)18-17(22)21(5)11-16-12(2)19-23-13(16)3/h7-10H,6,11H2,1-5H3,(H,18,22). The van der Waals surface area contributed by atoms with E-state index in [-0.39, 0.29) is 6.03 Å². The summed E-state index contributed by atoms with van der Waals surface area (Å²) in [5.74, 6) is 0.744. The van der Waals surface area contributed by atoms with Crippen molar-refractivity contribution in [3.05, 3.63) is 41.3 Å². The predicted molar refractivity (Wildman–Crippen MR) is 91.8 cm³/mol. The first-order valence-electron chi connectivity index (χ1n) is 7.67. The summed E-state index contributed by atoms with van der Waals surface area (Å²) >= 11 is 0. The first-order valence-corrected chi connectivity index (χ1v) is 7.67. The highest BCUT2D eigenvalue weighted by Crippen LogP contribution is 2.19. The normalized spacial score (nSPS) is 10.5. The minimum atomic E-state index is -0.165. The van der Waals surface area contributed by atoms with Gasteiger partial charge in [0.15, 0.2) is 0 Å². The van der Waals surface area contributed by atoms with Crippen molar-refractivity contribution in [3.8, 4) is 0 Å². The van der Waals surface area contributed by atoms with E-state index in [0.29, 0.717) is 6.54 Å². The zero-order valence-corrected chi connectivity index (χ0v) is 14.4. The van der Waals surface area contributed by atoms with Crippen LogP contribution in [0.5, 0.6) is 0 Å². The number of nitrogens with one attached hydrogen (secondary N) is 1. The van der Waals surface area contributed by atoms with Crippen LogP contribution in [0.15, 0.2) is 28.8 Å². The predicted octanol–water partition coefficient (Wildman–Crippen LogP) is 3.41. The first-order chi connectivity index (χ1) is 10.9. The molecule has 6 heteroatoms. The van der Waals surface area contributed by atoms with E-state index in [0.717, 1.165) is 34.9 Å². The lowest BCUT2D eigenvalue weighted by Gasteiger charge is -2.20. The molecule has 124 valence electrons. The molecule has 0 unspecified atom stereocenters. The highest BCUT2D eigenvalue weighted by Gasteiger charge is 2.15. The Morgan fingerprint density at radius 3 is 2.65 bits per heavy atom. The van der Waals surface area contributed by atoms with Gasteiger partial charge in [0.1, 0.15) is 5.76 Å². The maximum atomic E-state index is 12.4. The summed E-state index contributed by atoms with van der Waals surface area (Å²) in [6.07, 6.45) is 0. The van der Waals surface area contributed by atoms with Gasteiger partial charge < -0.3 is 19.6 Å². The number of anilines is 2. The van der Waals surface area contributed by atoms with Gasteiger partial charge in [0.25, 0.3) is 0 Å². The number of carbonyl (C=O) groups excluding carboxylic acids is 1. The summed E-state index contributed by atoms with van der Waals surface area (Å²) in [7, 11) is 3.77. The van der Waals surface area contributed by atoms with Crippen LogP contribution in [-0.4, -0.2) is 36.7 Å². The Hall–Kier alpha value is -2.50. The second-order valence-electron chi connectivity index (χ2n) is 5.65. The number of hydrogen-bond donors (Lipinski definition) is 1. The number of urea groups is 1. The molecule has 0 atom stereocenters. The Morgan fingerprint density at radius 1 is 1.30 bits per heavy atom. The van der Waals surface area contributed by atoms with Crippen molar-refractivity contribution < 1.29 is 9.32 Å². The third-order valence-electron chi connectivity index (χ3n) is 3.94. The average molecular weight is 316 g/mol. The number of rotatable bonds is 5. The minimum absolute atomic E-state index is 0.165. The lowest BCUT2D eigenvalue weighted by Crippen LogP contribution is -2.31. The van der Waals surface area contributed by atoms with Crippen LogP contribution in [0.4, 0.5) is 16.2 Å². The largest absolute Gasteiger partial charge is 0.375 e. The van der Waals surface area contributed by atoms with Gasteiger partial charge in [0, 0.05) is 37.6 Å². The summed E-state index contributed by atoms with van der Waals surface area (Å²) in [5.41, 5.74) is 3.60. The van der Waals surface area contributed by atoms with E-state index in [2.05, 4.69) is 22.3 Å². The van der Waals surface area contributed by atoms with Gasteiger partial charge in [-0.1, -0.05) is 11.2 Å². The molecule has 0 saturated heterocycles. The van der Waals surface area contributed by atoms with E-state index >= 15 is 0 Å². The molecule has 0 aliphatic rings. The Bertz CT molecular complexity index is 661. The van der Waals surface area contributed by atoms with Gasteiger partial charge in [-0.15, -0.1) is 0 Å². The molecule has 1 N–H and O–H groups in total. The number of amides is 2. The molecule has 1 aromatic carbocycles. The van der Waals surface area contributed by atoms with Crippen LogP contribution in [0.25, 0.3) is 0 Å². The van der Waals surface area contributed by atoms with E-state index in [1.807, 2.05) is 45.2 Å². The molecule has 0 bridgehead atoms. The third-order valence-corrected chi connectivity index (χ3v) is 3.94. The van der Waals surface area contributed by atoms with Gasteiger partial charge in [0.05, 0.1) is 12.2 Å². The summed E-state index contributed by atoms with van der Waals surface area (Å²) in [5, 5.41) is 6.84. The molecule has 0 aliphatic carbocycles. The number of benzene rings is 1. The molecular weight excluding hydrogens is 292 g/mol. The van der Waals surface area contributed by atoms with Crippen molar-refractivity contribution in [3.63, 3.8) is 0 Å². The van der Waals surface area contributed by atoms with Gasteiger partial charge in [0.2, 0.25) is 0 Å². The molecule has 0 saturated carbocycles.